The molecule has 1 fully saturated rings. The van der Waals surface area contributed by atoms with Gasteiger partial charge in [-0.05, 0) is 40.5 Å². The average molecular weight is 285 g/mol. The molecule has 0 aromatic carbocycles. The number of likely N-dealkylation sites (tertiary alicyclic amines) is 1. The topological polar surface area (TPSA) is 72.9 Å². The monoisotopic (exact) mass is 285 g/mol. The lowest BCUT2D eigenvalue weighted by atomic mass is 10.1. The number of ether oxygens (including phenoxy) is 2. The number of carbonyl (C=O) groups is 3. The number of nitrogens with zero attached hydrogens (tertiary/aromatic N) is 1. The Hall–Kier alpha value is -1.59. The van der Waals surface area contributed by atoms with Crippen LogP contribution in [-0.2, 0) is 19.1 Å². The molecular formula is C14H23NO5. The van der Waals surface area contributed by atoms with Crippen molar-refractivity contribution >= 4 is 17.8 Å². The van der Waals surface area contributed by atoms with E-state index in [0.717, 1.165) is 6.42 Å². The van der Waals surface area contributed by atoms with Gasteiger partial charge in [0.25, 0.3) is 0 Å². The van der Waals surface area contributed by atoms with Gasteiger partial charge in [-0.2, -0.15) is 0 Å². The fraction of sp³-hybridized carbons (Fsp3) is 0.786. The second kappa shape index (κ2) is 6.24. The zero-order chi connectivity index (χ0) is 15.5. The van der Waals surface area contributed by atoms with E-state index in [1.54, 1.807) is 20.8 Å². The first-order chi connectivity index (χ1) is 9.11. The molecule has 1 aliphatic heterocycles. The number of amides is 1. The van der Waals surface area contributed by atoms with Crippen LogP contribution >= 0.6 is 0 Å². The van der Waals surface area contributed by atoms with Crippen molar-refractivity contribution in [1.29, 1.82) is 0 Å². The molecule has 0 aromatic heterocycles. The van der Waals surface area contributed by atoms with Gasteiger partial charge in [0.15, 0.2) is 11.9 Å². The first kappa shape index (κ1) is 16.5. The molecule has 1 amide bonds. The maximum Gasteiger partial charge on any atom is 0.410 e. The van der Waals surface area contributed by atoms with E-state index < -0.39 is 29.8 Å². The lowest BCUT2D eigenvalue weighted by Crippen LogP contribution is -2.46. The summed E-state index contributed by atoms with van der Waals surface area (Å²) < 4.78 is 10.2. The van der Waals surface area contributed by atoms with E-state index in [0.29, 0.717) is 13.0 Å². The molecule has 0 N–H and O–H groups in total. The summed E-state index contributed by atoms with van der Waals surface area (Å²) in [6.45, 7) is 8.59. The Bertz CT molecular complexity index is 399. The third-order valence-corrected chi connectivity index (χ3v) is 2.95. The van der Waals surface area contributed by atoms with Gasteiger partial charge < -0.3 is 9.47 Å². The van der Waals surface area contributed by atoms with Gasteiger partial charge in [-0.3, -0.25) is 14.5 Å². The average Bonchev–Trinajstić information content (AvgIpc) is 2.73. The van der Waals surface area contributed by atoms with E-state index in [1.807, 2.05) is 0 Å². The quantitative estimate of drug-likeness (QED) is 0.741. The maximum atomic E-state index is 12.2. The minimum Gasteiger partial charge on any atom is -0.455 e. The van der Waals surface area contributed by atoms with Crippen molar-refractivity contribution < 1.29 is 23.9 Å². The van der Waals surface area contributed by atoms with Crippen molar-refractivity contribution in [2.75, 3.05) is 6.54 Å². The Kier molecular flexibility index (Phi) is 5.14. The fourth-order valence-corrected chi connectivity index (χ4v) is 2.18. The smallest absolute Gasteiger partial charge is 0.410 e. The van der Waals surface area contributed by atoms with Crippen molar-refractivity contribution in [3.8, 4) is 0 Å². The third-order valence-electron chi connectivity index (χ3n) is 2.95. The lowest BCUT2D eigenvalue weighted by Gasteiger charge is -2.28. The number of ketones is 1. The van der Waals surface area contributed by atoms with Crippen LogP contribution in [0.4, 0.5) is 4.79 Å². The number of esters is 1. The summed E-state index contributed by atoms with van der Waals surface area (Å²) in [5.74, 6) is -0.767. The van der Waals surface area contributed by atoms with Crippen LogP contribution in [0.15, 0.2) is 0 Å². The fourth-order valence-electron chi connectivity index (χ4n) is 2.18. The van der Waals surface area contributed by atoms with Gasteiger partial charge in [-0.1, -0.05) is 0 Å². The van der Waals surface area contributed by atoms with Crippen LogP contribution < -0.4 is 0 Å². The molecule has 0 unspecified atom stereocenters. The highest BCUT2D eigenvalue weighted by Gasteiger charge is 2.38. The molecule has 0 aliphatic carbocycles. The summed E-state index contributed by atoms with van der Waals surface area (Å²) in [5, 5.41) is 0. The van der Waals surface area contributed by atoms with Gasteiger partial charge >= 0.3 is 12.1 Å². The molecule has 0 radical (unpaired) electrons. The number of carbonyl (C=O) groups excluding carboxylic acids is 3. The zero-order valence-corrected chi connectivity index (χ0v) is 12.8. The Morgan fingerprint density at radius 2 is 1.85 bits per heavy atom. The minimum atomic E-state index is -0.847. The number of rotatable bonds is 3. The van der Waals surface area contributed by atoms with Crippen LogP contribution in [0, 0.1) is 0 Å². The molecule has 114 valence electrons. The highest BCUT2D eigenvalue weighted by Crippen LogP contribution is 2.22. The van der Waals surface area contributed by atoms with E-state index in [1.165, 1.54) is 18.7 Å². The summed E-state index contributed by atoms with van der Waals surface area (Å²) in [5.41, 5.74) is -0.602. The van der Waals surface area contributed by atoms with E-state index in [9.17, 15) is 14.4 Å². The summed E-state index contributed by atoms with van der Waals surface area (Å²) >= 11 is 0. The second-order valence-electron chi connectivity index (χ2n) is 5.99. The summed E-state index contributed by atoms with van der Waals surface area (Å²) in [6.07, 6.45) is -0.0320. The summed E-state index contributed by atoms with van der Waals surface area (Å²) in [4.78, 5) is 36.6. The van der Waals surface area contributed by atoms with E-state index in [4.69, 9.17) is 9.47 Å². The molecule has 0 aromatic rings. The lowest BCUT2D eigenvalue weighted by molar-refractivity contribution is -0.153. The van der Waals surface area contributed by atoms with Crippen LogP contribution in [-0.4, -0.2) is 47.0 Å². The van der Waals surface area contributed by atoms with Crippen LogP contribution in [0.2, 0.25) is 0 Å². The molecule has 1 aliphatic rings. The molecule has 0 spiro atoms. The highest BCUT2D eigenvalue weighted by atomic mass is 16.6. The van der Waals surface area contributed by atoms with Gasteiger partial charge in [-0.25, -0.2) is 4.79 Å². The van der Waals surface area contributed by atoms with Crippen molar-refractivity contribution in [1.82, 2.24) is 4.90 Å². The number of hydrogen-bond donors (Lipinski definition) is 0. The van der Waals surface area contributed by atoms with Crippen molar-refractivity contribution in [3.63, 3.8) is 0 Å². The molecule has 20 heavy (non-hydrogen) atoms. The second-order valence-corrected chi connectivity index (χ2v) is 5.99. The van der Waals surface area contributed by atoms with Crippen LogP contribution in [0.1, 0.15) is 47.5 Å². The summed E-state index contributed by atoms with van der Waals surface area (Å²) in [6, 6.07) is -0.570. The largest absolute Gasteiger partial charge is 0.455 e. The summed E-state index contributed by atoms with van der Waals surface area (Å²) in [7, 11) is 0. The molecule has 6 nitrogen and oxygen atoms in total. The SMILES string of the molecule is CC(=O)O[C@@H](C)C(=O)[C@H]1CCCN1C(=O)OC(C)(C)C. The van der Waals surface area contributed by atoms with Gasteiger partial charge in [0.05, 0.1) is 6.04 Å². The molecule has 2 atom stereocenters. The Balaban J connectivity index is 2.71. The van der Waals surface area contributed by atoms with Crippen molar-refractivity contribution in [2.45, 2.75) is 65.2 Å². The Morgan fingerprint density at radius 1 is 1.25 bits per heavy atom. The normalized spacial score (nSPS) is 20.4. The van der Waals surface area contributed by atoms with Gasteiger partial charge in [0.1, 0.15) is 5.60 Å². The van der Waals surface area contributed by atoms with Gasteiger partial charge in [0.2, 0.25) is 0 Å². The van der Waals surface area contributed by atoms with Gasteiger partial charge in [0, 0.05) is 13.5 Å². The predicted octanol–water partition coefficient (Wildman–Crippen LogP) is 1.91. The van der Waals surface area contributed by atoms with E-state index in [-0.39, 0.29) is 5.78 Å². The molecule has 1 saturated heterocycles. The van der Waals surface area contributed by atoms with Crippen LogP contribution in [0.3, 0.4) is 0 Å². The minimum absolute atomic E-state index is 0.261. The Labute approximate surface area is 119 Å². The van der Waals surface area contributed by atoms with E-state index in [2.05, 4.69) is 0 Å². The van der Waals surface area contributed by atoms with Crippen molar-refractivity contribution in [3.05, 3.63) is 0 Å². The van der Waals surface area contributed by atoms with Crippen molar-refractivity contribution in [2.24, 2.45) is 0 Å². The highest BCUT2D eigenvalue weighted by molar-refractivity contribution is 5.92. The maximum absolute atomic E-state index is 12.2. The molecule has 1 rings (SSSR count). The third kappa shape index (κ3) is 4.51. The molecule has 0 bridgehead atoms. The Morgan fingerprint density at radius 3 is 2.35 bits per heavy atom. The van der Waals surface area contributed by atoms with Gasteiger partial charge in [-0.15, -0.1) is 0 Å². The first-order valence-corrected chi connectivity index (χ1v) is 6.82. The molecule has 6 heteroatoms. The standard InChI is InChI=1S/C14H23NO5/c1-9(19-10(2)16)12(17)11-7-6-8-15(11)13(18)20-14(3,4)5/h9,11H,6-8H2,1-5H3/t9-,11+/m0/s1. The molecule has 0 saturated carbocycles. The molecule has 1 heterocycles. The van der Waals surface area contributed by atoms with E-state index >= 15 is 0 Å². The number of Topliss-reactive ketones (excluding diaryl/α,β-unsaturated/α-hetero) is 1. The zero-order valence-electron chi connectivity index (χ0n) is 12.8. The molecular weight excluding hydrogens is 262 g/mol. The van der Waals surface area contributed by atoms with Crippen LogP contribution in [0.5, 0.6) is 0 Å². The first-order valence-electron chi connectivity index (χ1n) is 6.82. The van der Waals surface area contributed by atoms with Crippen LogP contribution in [0.25, 0.3) is 0 Å². The predicted molar refractivity (Wildman–Crippen MR) is 72.2 cm³/mol. The number of hydrogen-bond acceptors (Lipinski definition) is 5.